The maximum absolute atomic E-state index is 13.9. The summed E-state index contributed by atoms with van der Waals surface area (Å²) in [6.45, 7) is -0.0665. The van der Waals surface area contributed by atoms with Crippen LogP contribution in [0.15, 0.2) is 18.2 Å². The Morgan fingerprint density at radius 3 is 2.50 bits per heavy atom. The van der Waals surface area contributed by atoms with Crippen LogP contribution in [0.2, 0.25) is 0 Å². The standard InChI is InChI=1S/C18H20F2N2O4/c19-12-4-5-14(13(20)9-12)22-10-11(8-15(22)23)16(24)21-18(17(25)26)6-2-1-3-7-18/h4-5,9,11H,1-3,6-8,10H2,(H,21,24)(H,25,26). The van der Waals surface area contributed by atoms with Crippen LogP contribution in [0, 0.1) is 17.6 Å². The Balaban J connectivity index is 1.73. The number of hydrogen-bond acceptors (Lipinski definition) is 3. The van der Waals surface area contributed by atoms with Gasteiger partial charge in [0.05, 0.1) is 11.6 Å². The van der Waals surface area contributed by atoms with E-state index in [4.69, 9.17) is 0 Å². The largest absolute Gasteiger partial charge is 0.480 e. The lowest BCUT2D eigenvalue weighted by molar-refractivity contribution is -0.149. The minimum Gasteiger partial charge on any atom is -0.480 e. The van der Waals surface area contributed by atoms with Gasteiger partial charge in [-0.05, 0) is 25.0 Å². The molecule has 1 unspecified atom stereocenters. The Kier molecular flexibility index (Phi) is 4.93. The fourth-order valence-corrected chi connectivity index (χ4v) is 3.70. The number of nitrogens with zero attached hydrogens (tertiary/aromatic N) is 1. The van der Waals surface area contributed by atoms with Gasteiger partial charge >= 0.3 is 5.97 Å². The molecule has 1 heterocycles. The second kappa shape index (κ2) is 7.01. The van der Waals surface area contributed by atoms with Crippen molar-refractivity contribution in [1.29, 1.82) is 0 Å². The number of carbonyl (C=O) groups excluding carboxylic acids is 2. The van der Waals surface area contributed by atoms with E-state index in [1.165, 1.54) is 0 Å². The normalized spacial score (nSPS) is 22.3. The van der Waals surface area contributed by atoms with E-state index in [9.17, 15) is 28.3 Å². The highest BCUT2D eigenvalue weighted by Crippen LogP contribution is 2.31. The van der Waals surface area contributed by atoms with Gasteiger partial charge in [-0.15, -0.1) is 0 Å². The van der Waals surface area contributed by atoms with Gasteiger partial charge in [-0.3, -0.25) is 9.59 Å². The van der Waals surface area contributed by atoms with Gasteiger partial charge in [0.2, 0.25) is 11.8 Å². The summed E-state index contributed by atoms with van der Waals surface area (Å²) in [5.74, 6) is -4.46. The molecule has 1 aromatic rings. The van der Waals surface area contributed by atoms with Crippen molar-refractivity contribution in [3.05, 3.63) is 29.8 Å². The summed E-state index contributed by atoms with van der Waals surface area (Å²) < 4.78 is 27.0. The van der Waals surface area contributed by atoms with Gasteiger partial charge in [0.15, 0.2) is 0 Å². The molecule has 8 heteroatoms. The molecule has 2 N–H and O–H groups in total. The van der Waals surface area contributed by atoms with E-state index >= 15 is 0 Å². The van der Waals surface area contributed by atoms with Crippen LogP contribution < -0.4 is 10.2 Å². The van der Waals surface area contributed by atoms with Crippen molar-refractivity contribution in [3.8, 4) is 0 Å². The number of benzene rings is 1. The molecular weight excluding hydrogens is 346 g/mol. The molecule has 1 aromatic carbocycles. The number of anilines is 1. The number of carboxylic acids is 1. The lowest BCUT2D eigenvalue weighted by atomic mass is 9.81. The van der Waals surface area contributed by atoms with Crippen molar-refractivity contribution >= 4 is 23.5 Å². The zero-order valence-corrected chi connectivity index (χ0v) is 14.1. The highest BCUT2D eigenvalue weighted by atomic mass is 19.1. The first kappa shape index (κ1) is 18.3. The van der Waals surface area contributed by atoms with Crippen LogP contribution in [0.1, 0.15) is 38.5 Å². The topological polar surface area (TPSA) is 86.7 Å². The average molecular weight is 366 g/mol. The predicted octanol–water partition coefficient (Wildman–Crippen LogP) is 2.22. The molecule has 1 aliphatic heterocycles. The van der Waals surface area contributed by atoms with E-state index in [-0.39, 0.29) is 18.7 Å². The number of carboxylic acid groups (broad SMARTS) is 1. The Bertz CT molecular complexity index is 747. The van der Waals surface area contributed by atoms with Crippen molar-refractivity contribution < 1.29 is 28.3 Å². The molecule has 1 saturated carbocycles. The molecule has 6 nitrogen and oxygen atoms in total. The minimum absolute atomic E-state index is 0.0665. The predicted molar refractivity (Wildman–Crippen MR) is 88.4 cm³/mol. The summed E-state index contributed by atoms with van der Waals surface area (Å²) in [6, 6.07) is 2.88. The number of rotatable bonds is 4. The molecular formula is C18H20F2N2O4. The third-order valence-corrected chi connectivity index (χ3v) is 5.18. The number of nitrogens with one attached hydrogen (secondary N) is 1. The fraction of sp³-hybridized carbons (Fsp3) is 0.500. The van der Waals surface area contributed by atoms with Gasteiger partial charge < -0.3 is 15.3 Å². The van der Waals surface area contributed by atoms with Crippen LogP contribution in [0.4, 0.5) is 14.5 Å². The Morgan fingerprint density at radius 1 is 1.19 bits per heavy atom. The van der Waals surface area contributed by atoms with Gasteiger partial charge in [-0.2, -0.15) is 0 Å². The molecule has 2 amide bonds. The van der Waals surface area contributed by atoms with Crippen LogP contribution in [-0.4, -0.2) is 35.0 Å². The summed E-state index contributed by atoms with van der Waals surface area (Å²) in [4.78, 5) is 37.6. The van der Waals surface area contributed by atoms with Gasteiger partial charge in [-0.1, -0.05) is 19.3 Å². The monoisotopic (exact) mass is 366 g/mol. The van der Waals surface area contributed by atoms with Gasteiger partial charge in [-0.25, -0.2) is 13.6 Å². The number of amides is 2. The van der Waals surface area contributed by atoms with Crippen LogP contribution in [0.3, 0.4) is 0 Å². The van der Waals surface area contributed by atoms with E-state index in [0.717, 1.165) is 23.5 Å². The zero-order chi connectivity index (χ0) is 18.9. The Hall–Kier alpha value is -2.51. The molecule has 2 fully saturated rings. The number of halogens is 2. The fourth-order valence-electron chi connectivity index (χ4n) is 3.70. The summed E-state index contributed by atoms with van der Waals surface area (Å²) in [6.07, 6.45) is 2.91. The van der Waals surface area contributed by atoms with E-state index in [1.807, 2.05) is 0 Å². The summed E-state index contributed by atoms with van der Waals surface area (Å²) in [5, 5.41) is 12.2. The summed E-state index contributed by atoms with van der Waals surface area (Å²) >= 11 is 0. The lowest BCUT2D eigenvalue weighted by Crippen LogP contribution is -2.57. The maximum Gasteiger partial charge on any atom is 0.329 e. The van der Waals surface area contributed by atoms with E-state index in [1.54, 1.807) is 0 Å². The zero-order valence-electron chi connectivity index (χ0n) is 14.1. The van der Waals surface area contributed by atoms with Crippen LogP contribution >= 0.6 is 0 Å². The number of aliphatic carboxylic acids is 1. The molecule has 0 radical (unpaired) electrons. The van der Waals surface area contributed by atoms with Gasteiger partial charge in [0, 0.05) is 19.0 Å². The van der Waals surface area contributed by atoms with Gasteiger partial charge in [0.1, 0.15) is 17.2 Å². The Morgan fingerprint density at radius 2 is 1.88 bits per heavy atom. The van der Waals surface area contributed by atoms with E-state index < -0.39 is 40.9 Å². The highest BCUT2D eigenvalue weighted by Gasteiger charge is 2.44. The second-order valence-corrected chi connectivity index (χ2v) is 6.94. The number of hydrogen-bond donors (Lipinski definition) is 2. The average Bonchev–Trinajstić information content (AvgIpc) is 2.97. The van der Waals surface area contributed by atoms with Crippen molar-refractivity contribution in [2.45, 2.75) is 44.1 Å². The molecule has 1 atom stereocenters. The SMILES string of the molecule is O=C(NC1(C(=O)O)CCCCC1)C1CC(=O)N(c2ccc(F)cc2F)C1. The van der Waals surface area contributed by atoms with Crippen LogP contribution in [-0.2, 0) is 14.4 Å². The molecule has 2 aliphatic rings. The third kappa shape index (κ3) is 3.40. The molecule has 1 saturated heterocycles. The third-order valence-electron chi connectivity index (χ3n) is 5.18. The minimum atomic E-state index is -1.30. The van der Waals surface area contributed by atoms with Crippen molar-refractivity contribution in [2.24, 2.45) is 5.92 Å². The first-order valence-corrected chi connectivity index (χ1v) is 8.63. The first-order chi connectivity index (χ1) is 12.3. The summed E-state index contributed by atoms with van der Waals surface area (Å²) in [7, 11) is 0. The Labute approximate surface area is 149 Å². The van der Waals surface area contributed by atoms with E-state index in [0.29, 0.717) is 31.7 Å². The number of carbonyl (C=O) groups is 3. The molecule has 1 aliphatic carbocycles. The molecule has 0 bridgehead atoms. The van der Waals surface area contributed by atoms with Crippen LogP contribution in [0.5, 0.6) is 0 Å². The van der Waals surface area contributed by atoms with Crippen molar-refractivity contribution in [2.75, 3.05) is 11.4 Å². The van der Waals surface area contributed by atoms with Gasteiger partial charge in [0.25, 0.3) is 0 Å². The van der Waals surface area contributed by atoms with E-state index in [2.05, 4.69) is 5.32 Å². The highest BCUT2D eigenvalue weighted by molar-refractivity contribution is 6.01. The first-order valence-electron chi connectivity index (χ1n) is 8.63. The molecule has 26 heavy (non-hydrogen) atoms. The van der Waals surface area contributed by atoms with Crippen molar-refractivity contribution in [1.82, 2.24) is 5.32 Å². The molecule has 0 spiro atoms. The quantitative estimate of drug-likeness (QED) is 0.856. The molecule has 3 rings (SSSR count). The molecule has 0 aromatic heterocycles. The second-order valence-electron chi connectivity index (χ2n) is 6.94. The molecule has 140 valence electrons. The van der Waals surface area contributed by atoms with Crippen LogP contribution in [0.25, 0.3) is 0 Å². The summed E-state index contributed by atoms with van der Waals surface area (Å²) in [5.41, 5.74) is -1.38. The van der Waals surface area contributed by atoms with Crippen molar-refractivity contribution in [3.63, 3.8) is 0 Å². The lowest BCUT2D eigenvalue weighted by Gasteiger charge is -2.34. The smallest absolute Gasteiger partial charge is 0.329 e. The maximum atomic E-state index is 13.9.